The number of carbonyl (C=O) groups is 1. The molecule has 176 valence electrons. The van der Waals surface area contributed by atoms with Gasteiger partial charge >= 0.3 is 0 Å². The van der Waals surface area contributed by atoms with E-state index in [4.69, 9.17) is 26.2 Å². The Labute approximate surface area is 194 Å². The molecular formula is C23H33ClN4O4. The summed E-state index contributed by atoms with van der Waals surface area (Å²) in [5.41, 5.74) is 1.34. The molecule has 8 nitrogen and oxygen atoms in total. The van der Waals surface area contributed by atoms with E-state index in [1.807, 2.05) is 24.3 Å². The number of aromatic nitrogens is 2. The molecule has 32 heavy (non-hydrogen) atoms. The fraction of sp³-hybridized carbons (Fsp3) is 0.565. The van der Waals surface area contributed by atoms with Crippen LogP contribution in [0.4, 0.5) is 5.82 Å². The van der Waals surface area contributed by atoms with Crippen LogP contribution < -0.4 is 15.4 Å². The van der Waals surface area contributed by atoms with Gasteiger partial charge < -0.3 is 25.2 Å². The molecule has 1 aromatic heterocycles. The molecule has 1 saturated carbocycles. The molecule has 0 radical (unpaired) electrons. The van der Waals surface area contributed by atoms with Crippen LogP contribution in [-0.2, 0) is 11.3 Å². The molecule has 1 aromatic carbocycles. The van der Waals surface area contributed by atoms with Gasteiger partial charge in [-0.25, -0.2) is 0 Å². The van der Waals surface area contributed by atoms with Crippen molar-refractivity contribution in [3.8, 4) is 6.01 Å². The number of benzene rings is 1. The van der Waals surface area contributed by atoms with E-state index in [0.717, 1.165) is 18.4 Å². The zero-order valence-electron chi connectivity index (χ0n) is 18.6. The molecule has 1 aliphatic carbocycles. The van der Waals surface area contributed by atoms with Gasteiger partial charge in [0.2, 0.25) is 0 Å². The van der Waals surface area contributed by atoms with Gasteiger partial charge in [-0.3, -0.25) is 9.36 Å². The standard InChI is InChI=1S/C23H33ClN4O4/c1-25-21-20(22(30)26-12-5-13-29)28(16-17-8-10-18(24)11-9-17)23(27-21)32-15-14-31-19-6-3-2-4-7-19/h8-11,19,25,29H,2-7,12-16H2,1H3,(H,26,30). The average Bonchev–Trinajstić information content (AvgIpc) is 3.16. The highest BCUT2D eigenvalue weighted by Crippen LogP contribution is 2.25. The van der Waals surface area contributed by atoms with Crippen molar-refractivity contribution in [3.63, 3.8) is 0 Å². The minimum atomic E-state index is -0.280. The SMILES string of the molecule is CNc1nc(OCCOC2CCCCC2)n(Cc2ccc(Cl)cc2)c1C(=O)NCCCO. The molecule has 0 bridgehead atoms. The quantitative estimate of drug-likeness (QED) is 0.416. The van der Waals surface area contributed by atoms with E-state index in [1.165, 1.54) is 19.3 Å². The zero-order valence-corrected chi connectivity index (χ0v) is 19.4. The van der Waals surface area contributed by atoms with Gasteiger partial charge in [-0.05, 0) is 37.0 Å². The Balaban J connectivity index is 1.75. The maximum absolute atomic E-state index is 12.9. The molecule has 0 saturated heterocycles. The van der Waals surface area contributed by atoms with E-state index < -0.39 is 0 Å². The van der Waals surface area contributed by atoms with Crippen molar-refractivity contribution >= 4 is 23.3 Å². The molecule has 9 heteroatoms. The summed E-state index contributed by atoms with van der Waals surface area (Å²) in [4.78, 5) is 17.4. The van der Waals surface area contributed by atoms with Gasteiger partial charge in [-0.1, -0.05) is 43.0 Å². The fourth-order valence-electron chi connectivity index (χ4n) is 3.81. The molecule has 1 heterocycles. The summed E-state index contributed by atoms with van der Waals surface area (Å²) in [5, 5.41) is 15.5. The number of nitrogens with zero attached hydrogens (tertiary/aromatic N) is 2. The van der Waals surface area contributed by atoms with Crippen molar-refractivity contribution in [2.75, 3.05) is 38.7 Å². The van der Waals surface area contributed by atoms with Crippen LogP contribution >= 0.6 is 11.6 Å². The van der Waals surface area contributed by atoms with Crippen LogP contribution in [0.15, 0.2) is 24.3 Å². The molecule has 0 atom stereocenters. The Morgan fingerprint density at radius 3 is 2.66 bits per heavy atom. The Hall–Kier alpha value is -2.29. The van der Waals surface area contributed by atoms with Crippen molar-refractivity contribution in [2.24, 2.45) is 0 Å². The van der Waals surface area contributed by atoms with Crippen LogP contribution in [0.1, 0.15) is 54.6 Å². The molecular weight excluding hydrogens is 432 g/mol. The largest absolute Gasteiger partial charge is 0.462 e. The fourth-order valence-corrected chi connectivity index (χ4v) is 3.94. The van der Waals surface area contributed by atoms with E-state index in [2.05, 4.69) is 15.6 Å². The second-order valence-electron chi connectivity index (χ2n) is 7.87. The maximum Gasteiger partial charge on any atom is 0.299 e. The third-order valence-electron chi connectivity index (χ3n) is 5.48. The van der Waals surface area contributed by atoms with E-state index in [0.29, 0.717) is 61.4 Å². The van der Waals surface area contributed by atoms with Gasteiger partial charge in [0, 0.05) is 25.2 Å². The van der Waals surface area contributed by atoms with Crippen molar-refractivity contribution in [1.82, 2.24) is 14.9 Å². The number of aliphatic hydroxyl groups excluding tert-OH is 1. The lowest BCUT2D eigenvalue weighted by Crippen LogP contribution is -2.28. The third-order valence-corrected chi connectivity index (χ3v) is 5.73. The van der Waals surface area contributed by atoms with Gasteiger partial charge in [0.15, 0.2) is 11.5 Å². The summed E-state index contributed by atoms with van der Waals surface area (Å²) in [7, 11) is 1.72. The number of hydrogen-bond donors (Lipinski definition) is 3. The molecule has 3 rings (SSSR count). The van der Waals surface area contributed by atoms with Crippen molar-refractivity contribution in [1.29, 1.82) is 0 Å². The van der Waals surface area contributed by atoms with Crippen LogP contribution in [0.5, 0.6) is 6.01 Å². The average molecular weight is 465 g/mol. The second kappa shape index (κ2) is 12.7. The summed E-state index contributed by atoms with van der Waals surface area (Å²) in [6.07, 6.45) is 6.72. The summed E-state index contributed by atoms with van der Waals surface area (Å²) < 4.78 is 13.7. The number of carbonyl (C=O) groups excluding carboxylic acids is 1. The molecule has 1 amide bonds. The maximum atomic E-state index is 12.9. The van der Waals surface area contributed by atoms with Gasteiger partial charge in [0.1, 0.15) is 6.61 Å². The summed E-state index contributed by atoms with van der Waals surface area (Å²) in [5.74, 6) is 0.154. The van der Waals surface area contributed by atoms with Crippen LogP contribution in [0.25, 0.3) is 0 Å². The number of aliphatic hydroxyl groups is 1. The lowest BCUT2D eigenvalue weighted by molar-refractivity contribution is 0.0111. The number of imidazole rings is 1. The molecule has 2 aromatic rings. The highest BCUT2D eigenvalue weighted by atomic mass is 35.5. The highest BCUT2D eigenvalue weighted by molar-refractivity contribution is 6.30. The molecule has 1 aliphatic rings. The Kier molecular flexibility index (Phi) is 9.64. The molecule has 1 fully saturated rings. The first-order valence-corrected chi connectivity index (χ1v) is 11.7. The first-order valence-electron chi connectivity index (χ1n) is 11.3. The van der Waals surface area contributed by atoms with E-state index in [1.54, 1.807) is 11.6 Å². The van der Waals surface area contributed by atoms with Gasteiger partial charge in [-0.15, -0.1) is 0 Å². The number of rotatable bonds is 12. The molecule has 0 aliphatic heterocycles. The first-order chi connectivity index (χ1) is 15.6. The predicted molar refractivity (Wildman–Crippen MR) is 125 cm³/mol. The smallest absolute Gasteiger partial charge is 0.299 e. The Morgan fingerprint density at radius 2 is 1.97 bits per heavy atom. The summed E-state index contributed by atoms with van der Waals surface area (Å²) in [6.45, 7) is 1.61. The monoisotopic (exact) mass is 464 g/mol. The van der Waals surface area contributed by atoms with Gasteiger partial charge in [0.25, 0.3) is 11.9 Å². The van der Waals surface area contributed by atoms with Crippen LogP contribution in [0.3, 0.4) is 0 Å². The van der Waals surface area contributed by atoms with E-state index in [-0.39, 0.29) is 12.5 Å². The second-order valence-corrected chi connectivity index (χ2v) is 8.30. The third kappa shape index (κ3) is 6.85. The lowest BCUT2D eigenvalue weighted by Gasteiger charge is -2.22. The summed E-state index contributed by atoms with van der Waals surface area (Å²) >= 11 is 6.02. The zero-order chi connectivity index (χ0) is 22.8. The number of nitrogens with one attached hydrogen (secondary N) is 2. The normalized spacial score (nSPS) is 14.3. The number of amides is 1. The Bertz CT molecular complexity index is 850. The topological polar surface area (TPSA) is 97.6 Å². The highest BCUT2D eigenvalue weighted by Gasteiger charge is 2.24. The number of ether oxygens (including phenoxy) is 2. The van der Waals surface area contributed by atoms with E-state index >= 15 is 0 Å². The van der Waals surface area contributed by atoms with Crippen LogP contribution in [0, 0.1) is 0 Å². The van der Waals surface area contributed by atoms with Crippen LogP contribution in [0.2, 0.25) is 5.02 Å². The minimum absolute atomic E-state index is 0.0125. The number of anilines is 1. The van der Waals surface area contributed by atoms with Gasteiger partial charge in [0.05, 0.1) is 19.3 Å². The number of halogens is 1. The molecule has 0 spiro atoms. The van der Waals surface area contributed by atoms with Crippen molar-refractivity contribution in [3.05, 3.63) is 40.5 Å². The predicted octanol–water partition coefficient (Wildman–Crippen LogP) is 3.47. The first kappa shape index (κ1) is 24.4. The van der Waals surface area contributed by atoms with Crippen LogP contribution in [-0.4, -0.2) is 60.1 Å². The minimum Gasteiger partial charge on any atom is -0.462 e. The van der Waals surface area contributed by atoms with Crippen molar-refractivity contribution < 1.29 is 19.4 Å². The van der Waals surface area contributed by atoms with Gasteiger partial charge in [-0.2, -0.15) is 4.98 Å². The number of hydrogen-bond acceptors (Lipinski definition) is 6. The Morgan fingerprint density at radius 1 is 1.22 bits per heavy atom. The van der Waals surface area contributed by atoms with Crippen molar-refractivity contribution in [2.45, 2.75) is 51.2 Å². The molecule has 0 unspecified atom stereocenters. The molecule has 3 N–H and O–H groups in total. The summed E-state index contributed by atoms with van der Waals surface area (Å²) in [6, 6.07) is 7.79. The van der Waals surface area contributed by atoms with E-state index in [9.17, 15) is 4.79 Å². The lowest BCUT2D eigenvalue weighted by atomic mass is 9.98.